The number of esters is 2. The molecular weight excluding hydrogens is 519 g/mol. The molecule has 0 aliphatic carbocycles. The zero-order valence-electron chi connectivity index (χ0n) is 22.7. The fourth-order valence-electron chi connectivity index (χ4n) is 4.60. The van der Waals surface area contributed by atoms with Crippen molar-refractivity contribution in [3.05, 3.63) is 127 Å². The SMILES string of the molecule is CC(C)OC(=O)C[C@@H](CC(=O)C=P(c1ccccc1)(c1ccccc1)c1ccccc1)OC(=O)c1ccccc1. The second-order valence-electron chi connectivity index (χ2n) is 9.66. The summed E-state index contributed by atoms with van der Waals surface area (Å²) in [6.07, 6.45) is -1.68. The Morgan fingerprint density at radius 1 is 0.625 bits per heavy atom. The molecule has 5 nitrogen and oxygen atoms in total. The molecule has 0 spiro atoms. The molecule has 0 N–H and O–H groups in total. The first-order chi connectivity index (χ1) is 19.4. The predicted octanol–water partition coefficient (Wildman–Crippen LogP) is 5.31. The van der Waals surface area contributed by atoms with Crippen molar-refractivity contribution >= 4 is 46.3 Å². The largest absolute Gasteiger partial charge is 0.463 e. The summed E-state index contributed by atoms with van der Waals surface area (Å²) in [4.78, 5) is 39.4. The summed E-state index contributed by atoms with van der Waals surface area (Å²) in [6.45, 7) is 0.955. The van der Waals surface area contributed by atoms with Gasteiger partial charge in [0.2, 0.25) is 0 Å². The zero-order valence-corrected chi connectivity index (χ0v) is 23.6. The summed E-state index contributed by atoms with van der Waals surface area (Å²) in [5, 5.41) is 3.08. The van der Waals surface area contributed by atoms with Crippen LogP contribution < -0.4 is 15.9 Å². The van der Waals surface area contributed by atoms with Crippen molar-refractivity contribution in [3.63, 3.8) is 0 Å². The van der Waals surface area contributed by atoms with Crippen LogP contribution in [0.1, 0.15) is 37.0 Å². The van der Waals surface area contributed by atoms with Gasteiger partial charge in [0, 0.05) is 6.42 Å². The van der Waals surface area contributed by atoms with E-state index in [2.05, 4.69) is 0 Å². The van der Waals surface area contributed by atoms with Crippen LogP contribution in [0.15, 0.2) is 121 Å². The number of rotatable bonds is 11. The molecule has 0 saturated heterocycles. The molecule has 0 fully saturated rings. The van der Waals surface area contributed by atoms with E-state index >= 15 is 0 Å². The number of Topliss-reactive ketones (excluding diaryl/α,β-unsaturated/α-hetero) is 1. The van der Waals surface area contributed by atoms with E-state index in [-0.39, 0.29) is 24.7 Å². The zero-order chi connectivity index (χ0) is 28.4. The van der Waals surface area contributed by atoms with Crippen LogP contribution in [0.2, 0.25) is 0 Å². The minimum atomic E-state index is -2.55. The Balaban J connectivity index is 1.77. The highest BCUT2D eigenvalue weighted by Gasteiger charge is 2.29. The Morgan fingerprint density at radius 2 is 1.05 bits per heavy atom. The molecular formula is C34H33O5P. The molecule has 0 aromatic heterocycles. The molecule has 0 heterocycles. The second kappa shape index (κ2) is 13.7. The first kappa shape index (κ1) is 28.8. The van der Waals surface area contributed by atoms with Gasteiger partial charge < -0.3 is 9.47 Å². The smallest absolute Gasteiger partial charge is 0.338 e. The summed E-state index contributed by atoms with van der Waals surface area (Å²) in [6, 6.07) is 38.5. The quantitative estimate of drug-likeness (QED) is 0.186. The van der Waals surface area contributed by atoms with E-state index in [4.69, 9.17) is 9.47 Å². The van der Waals surface area contributed by atoms with Gasteiger partial charge in [0.1, 0.15) is 6.10 Å². The monoisotopic (exact) mass is 552 g/mol. The van der Waals surface area contributed by atoms with Crippen LogP contribution in [0.25, 0.3) is 0 Å². The maximum absolute atomic E-state index is 13.9. The van der Waals surface area contributed by atoms with Gasteiger partial charge >= 0.3 is 11.9 Å². The molecule has 6 heteroatoms. The van der Waals surface area contributed by atoms with Crippen molar-refractivity contribution in [2.75, 3.05) is 0 Å². The van der Waals surface area contributed by atoms with Gasteiger partial charge in [-0.15, -0.1) is 0 Å². The van der Waals surface area contributed by atoms with Crippen molar-refractivity contribution < 1.29 is 23.9 Å². The molecule has 4 rings (SSSR count). The average Bonchev–Trinajstić information content (AvgIpc) is 2.97. The Kier molecular flexibility index (Phi) is 9.88. The molecule has 0 aliphatic heterocycles. The lowest BCUT2D eigenvalue weighted by atomic mass is 10.1. The normalized spacial score (nSPS) is 11.9. The van der Waals surface area contributed by atoms with Crippen molar-refractivity contribution in [1.29, 1.82) is 0 Å². The molecule has 40 heavy (non-hydrogen) atoms. The predicted molar refractivity (Wildman–Crippen MR) is 162 cm³/mol. The van der Waals surface area contributed by atoms with Gasteiger partial charge in [-0.3, -0.25) is 9.59 Å². The lowest BCUT2D eigenvalue weighted by Gasteiger charge is -2.28. The van der Waals surface area contributed by atoms with E-state index in [1.165, 1.54) is 0 Å². The number of carbonyl (C=O) groups is 3. The van der Waals surface area contributed by atoms with E-state index in [0.717, 1.165) is 15.9 Å². The van der Waals surface area contributed by atoms with Gasteiger partial charge in [0.05, 0.1) is 18.1 Å². The number of ether oxygens (including phenoxy) is 2. The fourth-order valence-corrected chi connectivity index (χ4v) is 8.41. The number of benzene rings is 4. The number of carbonyl (C=O) groups excluding carboxylic acids is 3. The van der Waals surface area contributed by atoms with Gasteiger partial charge in [0.15, 0.2) is 5.78 Å². The van der Waals surface area contributed by atoms with E-state index < -0.39 is 24.9 Å². The average molecular weight is 553 g/mol. The van der Waals surface area contributed by atoms with E-state index in [1.807, 2.05) is 91.0 Å². The Morgan fingerprint density at radius 3 is 1.48 bits per heavy atom. The fraction of sp³-hybridized carbons (Fsp3) is 0.176. The maximum Gasteiger partial charge on any atom is 0.338 e. The second-order valence-corrected chi connectivity index (χ2v) is 12.9. The summed E-state index contributed by atoms with van der Waals surface area (Å²) in [5.41, 5.74) is 0.348. The Labute approximate surface area is 235 Å². The third-order valence-electron chi connectivity index (χ3n) is 6.30. The van der Waals surface area contributed by atoms with Gasteiger partial charge in [-0.2, -0.15) is 0 Å². The topological polar surface area (TPSA) is 69.7 Å². The molecule has 0 aliphatic rings. The van der Waals surface area contributed by atoms with Gasteiger partial charge in [0.25, 0.3) is 0 Å². The molecule has 0 unspecified atom stereocenters. The van der Waals surface area contributed by atoms with Crippen LogP contribution in [0.3, 0.4) is 0 Å². The van der Waals surface area contributed by atoms with Crippen LogP contribution in [0, 0.1) is 0 Å². The maximum atomic E-state index is 13.9. The highest BCUT2D eigenvalue weighted by atomic mass is 31.2. The molecule has 4 aromatic rings. The Hall–Kier alpha value is -4.21. The van der Waals surface area contributed by atoms with Crippen molar-refractivity contribution in [2.45, 2.75) is 38.9 Å². The first-order valence-corrected chi connectivity index (χ1v) is 15.1. The highest BCUT2D eigenvalue weighted by molar-refractivity contribution is 7.95. The van der Waals surface area contributed by atoms with Gasteiger partial charge in [-0.1, -0.05) is 109 Å². The van der Waals surface area contributed by atoms with E-state index in [9.17, 15) is 14.4 Å². The highest BCUT2D eigenvalue weighted by Crippen LogP contribution is 2.43. The van der Waals surface area contributed by atoms with Crippen LogP contribution in [0.4, 0.5) is 0 Å². The number of hydrogen-bond acceptors (Lipinski definition) is 5. The molecule has 4 aromatic carbocycles. The van der Waals surface area contributed by atoms with Crippen LogP contribution >= 0.6 is 6.89 Å². The standard InChI is InChI=1S/C34H33O5P/c1-26(2)38-33(36)24-29(39-34(37)27-15-7-3-8-16-27)23-28(35)25-40(30-17-9-4-10-18-30,31-19-11-5-12-20-31)32-21-13-6-14-22-32/h3-22,25-26,29H,23-24H2,1-2H3/t29-/m1/s1. The minimum absolute atomic E-state index is 0.153. The lowest BCUT2D eigenvalue weighted by molar-refractivity contribution is -0.149. The minimum Gasteiger partial charge on any atom is -0.463 e. The van der Waals surface area contributed by atoms with Crippen LogP contribution in [-0.4, -0.2) is 35.7 Å². The Bertz CT molecular complexity index is 1360. The van der Waals surface area contributed by atoms with Crippen molar-refractivity contribution in [1.82, 2.24) is 0 Å². The summed E-state index contributed by atoms with van der Waals surface area (Å²) in [7, 11) is 0. The van der Waals surface area contributed by atoms with Gasteiger partial charge in [-0.25, -0.2) is 4.79 Å². The lowest BCUT2D eigenvalue weighted by Crippen LogP contribution is -2.31. The summed E-state index contributed by atoms with van der Waals surface area (Å²) in [5.74, 6) is 0.465. The molecule has 0 radical (unpaired) electrons. The molecule has 1 atom stereocenters. The van der Waals surface area contributed by atoms with E-state index in [0.29, 0.717) is 5.56 Å². The van der Waals surface area contributed by atoms with Gasteiger partial charge in [-0.05, 0) is 54.6 Å². The molecule has 204 valence electrons. The van der Waals surface area contributed by atoms with Crippen LogP contribution in [0.5, 0.6) is 0 Å². The third kappa shape index (κ3) is 7.25. The third-order valence-corrected chi connectivity index (χ3v) is 10.3. The molecule has 0 saturated carbocycles. The van der Waals surface area contributed by atoms with Crippen molar-refractivity contribution in [2.24, 2.45) is 0 Å². The van der Waals surface area contributed by atoms with Crippen LogP contribution in [-0.2, 0) is 19.1 Å². The summed E-state index contributed by atoms with van der Waals surface area (Å²) >= 11 is 0. The molecule has 0 amide bonds. The number of ketones is 1. The number of hydrogen-bond donors (Lipinski definition) is 0. The molecule has 0 bridgehead atoms. The summed E-state index contributed by atoms with van der Waals surface area (Å²) < 4.78 is 11.0. The first-order valence-electron chi connectivity index (χ1n) is 13.3. The van der Waals surface area contributed by atoms with E-state index in [1.54, 1.807) is 50.0 Å². The van der Waals surface area contributed by atoms with Crippen molar-refractivity contribution in [3.8, 4) is 0 Å².